The van der Waals surface area contributed by atoms with E-state index >= 15 is 0 Å². The number of piperidine rings is 1. The molecule has 0 aliphatic carbocycles. The zero-order valence-electron chi connectivity index (χ0n) is 16.9. The molecule has 2 aliphatic rings. The van der Waals surface area contributed by atoms with Gasteiger partial charge in [0.25, 0.3) is 0 Å². The quantitative estimate of drug-likeness (QED) is 0.545. The number of likely N-dealkylation sites (tertiary alicyclic amines) is 1. The first-order valence-electron chi connectivity index (χ1n) is 10.1. The van der Waals surface area contributed by atoms with Crippen molar-refractivity contribution in [2.45, 2.75) is 38.1 Å². The molecule has 6 heteroatoms. The maximum atomic E-state index is 5.39. The molecule has 4 rings (SSSR count). The summed E-state index contributed by atoms with van der Waals surface area (Å²) in [5.74, 6) is 1.72. The first kappa shape index (κ1) is 24.3. The third-order valence-corrected chi connectivity index (χ3v) is 6.86. The highest BCUT2D eigenvalue weighted by Crippen LogP contribution is 2.30. The summed E-state index contributed by atoms with van der Waals surface area (Å²) in [6.45, 7) is 3.60. The highest BCUT2D eigenvalue weighted by molar-refractivity contribution is 9.10. The van der Waals surface area contributed by atoms with E-state index in [1.165, 1.54) is 66.6 Å². The highest BCUT2D eigenvalue weighted by Gasteiger charge is 2.24. The number of halogens is 3. The van der Waals surface area contributed by atoms with Crippen molar-refractivity contribution in [1.29, 1.82) is 0 Å². The lowest BCUT2D eigenvalue weighted by Gasteiger charge is -2.36. The molecule has 0 spiro atoms. The van der Waals surface area contributed by atoms with Gasteiger partial charge in [-0.1, -0.05) is 34.1 Å². The molecule has 1 N–H and O–H groups in total. The van der Waals surface area contributed by atoms with Gasteiger partial charge in [0.2, 0.25) is 0 Å². The van der Waals surface area contributed by atoms with Crippen LogP contribution in [0.1, 0.15) is 30.4 Å². The minimum atomic E-state index is 0. The summed E-state index contributed by atoms with van der Waals surface area (Å²) in [5.41, 5.74) is 4.18. The molecule has 160 valence electrons. The van der Waals surface area contributed by atoms with Gasteiger partial charge in [-0.3, -0.25) is 0 Å². The van der Waals surface area contributed by atoms with Crippen LogP contribution >= 0.6 is 40.7 Å². The molecular weight excluding hydrogens is 471 g/mol. The number of para-hydroxylation sites is 1. The molecule has 29 heavy (non-hydrogen) atoms. The largest absolute Gasteiger partial charge is 0.497 e. The van der Waals surface area contributed by atoms with Crippen molar-refractivity contribution in [2.75, 3.05) is 32.1 Å². The topological polar surface area (TPSA) is 24.5 Å². The molecule has 2 aromatic carbocycles. The first-order valence-corrected chi connectivity index (χ1v) is 10.9. The van der Waals surface area contributed by atoms with Gasteiger partial charge in [0.15, 0.2) is 0 Å². The van der Waals surface area contributed by atoms with Gasteiger partial charge < -0.3 is 15.0 Å². The van der Waals surface area contributed by atoms with Crippen LogP contribution in [0, 0.1) is 5.92 Å². The summed E-state index contributed by atoms with van der Waals surface area (Å²) >= 11 is 3.70. The summed E-state index contributed by atoms with van der Waals surface area (Å²) in [4.78, 5) is 2.66. The number of hydrogen-bond acceptors (Lipinski definition) is 3. The standard InChI is InChI=1S/C23H29BrN2O.2ClH/c1-27-21-8-9-22(24)19(15-21)14-17-10-12-26(13-11-17)16-20-7-6-18-4-2-3-5-23(18)25-20;;/h2-5,8-9,15,17,20,25H,6-7,10-14,16H2,1H3;2*1H. The van der Waals surface area contributed by atoms with Crippen molar-refractivity contribution in [1.82, 2.24) is 4.90 Å². The fraction of sp³-hybridized carbons (Fsp3) is 0.478. The van der Waals surface area contributed by atoms with Gasteiger partial charge in [-0.2, -0.15) is 0 Å². The van der Waals surface area contributed by atoms with Crippen molar-refractivity contribution in [3.05, 3.63) is 58.1 Å². The van der Waals surface area contributed by atoms with Gasteiger partial charge >= 0.3 is 0 Å². The number of aryl methyl sites for hydroxylation is 1. The van der Waals surface area contributed by atoms with Crippen molar-refractivity contribution >= 4 is 46.4 Å². The lowest BCUT2D eigenvalue weighted by Crippen LogP contribution is -2.43. The van der Waals surface area contributed by atoms with Crippen LogP contribution in [0.25, 0.3) is 0 Å². The van der Waals surface area contributed by atoms with E-state index in [4.69, 9.17) is 4.74 Å². The van der Waals surface area contributed by atoms with E-state index in [2.05, 4.69) is 62.5 Å². The normalized spacial score (nSPS) is 19.3. The molecule has 1 saturated heterocycles. The summed E-state index contributed by atoms with van der Waals surface area (Å²) in [6, 6.07) is 15.6. The second-order valence-electron chi connectivity index (χ2n) is 7.94. The van der Waals surface area contributed by atoms with E-state index in [9.17, 15) is 0 Å². The van der Waals surface area contributed by atoms with E-state index in [0.717, 1.165) is 18.1 Å². The summed E-state index contributed by atoms with van der Waals surface area (Å²) in [6.07, 6.45) is 6.16. The Balaban J connectivity index is 0.00000150. The van der Waals surface area contributed by atoms with Crippen molar-refractivity contribution in [3.8, 4) is 5.75 Å². The second kappa shape index (κ2) is 11.5. The zero-order chi connectivity index (χ0) is 18.6. The lowest BCUT2D eigenvalue weighted by atomic mass is 9.89. The second-order valence-corrected chi connectivity index (χ2v) is 8.80. The summed E-state index contributed by atoms with van der Waals surface area (Å²) in [5, 5.41) is 3.75. The molecule has 1 atom stereocenters. The number of ether oxygens (including phenoxy) is 1. The Labute approximate surface area is 195 Å². The smallest absolute Gasteiger partial charge is 0.119 e. The molecule has 0 amide bonds. The monoisotopic (exact) mass is 500 g/mol. The summed E-state index contributed by atoms with van der Waals surface area (Å²) < 4.78 is 6.59. The molecule has 1 fully saturated rings. The van der Waals surface area contributed by atoms with Crippen LogP contribution in [0.5, 0.6) is 5.75 Å². The van der Waals surface area contributed by atoms with Crippen LogP contribution in [-0.4, -0.2) is 37.7 Å². The number of hydrogen-bond donors (Lipinski definition) is 1. The van der Waals surface area contributed by atoms with Crippen LogP contribution in [0.2, 0.25) is 0 Å². The third-order valence-electron chi connectivity index (χ3n) is 6.09. The molecule has 0 radical (unpaired) electrons. The Morgan fingerprint density at radius 3 is 2.59 bits per heavy atom. The van der Waals surface area contributed by atoms with Gasteiger partial charge in [-0.15, -0.1) is 24.8 Å². The average Bonchev–Trinajstić information content (AvgIpc) is 2.71. The predicted octanol–water partition coefficient (Wildman–Crippen LogP) is 5.98. The molecule has 0 saturated carbocycles. The van der Waals surface area contributed by atoms with E-state index in [1.54, 1.807) is 7.11 Å². The number of fused-ring (bicyclic) bond motifs is 1. The molecule has 0 bridgehead atoms. The molecule has 2 aromatic rings. The molecule has 0 aromatic heterocycles. The van der Waals surface area contributed by atoms with Gasteiger partial charge in [0.05, 0.1) is 7.11 Å². The minimum Gasteiger partial charge on any atom is -0.497 e. The molecular formula is C23H31BrCl2N2O. The van der Waals surface area contributed by atoms with Crippen LogP contribution in [0.4, 0.5) is 5.69 Å². The Bertz CT molecular complexity index is 781. The number of rotatable bonds is 5. The zero-order valence-corrected chi connectivity index (χ0v) is 20.1. The van der Waals surface area contributed by atoms with Gasteiger partial charge in [0, 0.05) is 22.7 Å². The first-order chi connectivity index (χ1) is 13.2. The summed E-state index contributed by atoms with van der Waals surface area (Å²) in [7, 11) is 1.74. The predicted molar refractivity (Wildman–Crippen MR) is 130 cm³/mol. The van der Waals surface area contributed by atoms with Gasteiger partial charge in [0.1, 0.15) is 5.75 Å². The molecule has 2 heterocycles. The number of anilines is 1. The average molecular weight is 502 g/mol. The molecule has 2 aliphatic heterocycles. The van der Waals surface area contributed by atoms with Gasteiger partial charge in [-0.05, 0) is 86.5 Å². The number of nitrogens with zero attached hydrogens (tertiary/aromatic N) is 1. The Hall–Kier alpha value is -0.940. The van der Waals surface area contributed by atoms with E-state index in [-0.39, 0.29) is 24.8 Å². The van der Waals surface area contributed by atoms with Crippen LogP contribution < -0.4 is 10.1 Å². The van der Waals surface area contributed by atoms with Gasteiger partial charge in [-0.25, -0.2) is 0 Å². The molecule has 3 nitrogen and oxygen atoms in total. The number of nitrogens with one attached hydrogen (secondary N) is 1. The van der Waals surface area contributed by atoms with Crippen molar-refractivity contribution in [3.63, 3.8) is 0 Å². The van der Waals surface area contributed by atoms with Crippen molar-refractivity contribution in [2.24, 2.45) is 5.92 Å². The SMILES string of the molecule is COc1ccc(Br)c(CC2CCN(CC3CCc4ccccc4N3)CC2)c1.Cl.Cl. The van der Waals surface area contributed by atoms with Crippen LogP contribution in [0.3, 0.4) is 0 Å². The highest BCUT2D eigenvalue weighted by atomic mass is 79.9. The van der Waals surface area contributed by atoms with Crippen LogP contribution in [0.15, 0.2) is 46.9 Å². The third kappa shape index (κ3) is 6.27. The van der Waals surface area contributed by atoms with E-state index < -0.39 is 0 Å². The lowest BCUT2D eigenvalue weighted by molar-refractivity contribution is 0.175. The Morgan fingerprint density at radius 2 is 1.83 bits per heavy atom. The van der Waals surface area contributed by atoms with E-state index in [0.29, 0.717) is 6.04 Å². The Kier molecular flexibility index (Phi) is 9.61. The Morgan fingerprint density at radius 1 is 1.07 bits per heavy atom. The maximum Gasteiger partial charge on any atom is 0.119 e. The fourth-order valence-corrected chi connectivity index (χ4v) is 4.88. The maximum absolute atomic E-state index is 5.39. The number of methoxy groups -OCH3 is 1. The number of benzene rings is 2. The van der Waals surface area contributed by atoms with Crippen LogP contribution in [-0.2, 0) is 12.8 Å². The fourth-order valence-electron chi connectivity index (χ4n) is 4.47. The van der Waals surface area contributed by atoms with E-state index in [1.807, 2.05) is 6.07 Å². The minimum absolute atomic E-state index is 0. The molecule has 1 unspecified atom stereocenters. The van der Waals surface area contributed by atoms with Crippen molar-refractivity contribution < 1.29 is 4.74 Å².